The summed E-state index contributed by atoms with van der Waals surface area (Å²) in [6, 6.07) is 6.56. The molecule has 1 amide bonds. The van der Waals surface area contributed by atoms with Gasteiger partial charge in [-0.2, -0.15) is 0 Å². The van der Waals surface area contributed by atoms with Gasteiger partial charge in [-0.15, -0.1) is 10.2 Å². The first kappa shape index (κ1) is 17.5. The first-order valence-corrected chi connectivity index (χ1v) is 8.99. The van der Waals surface area contributed by atoms with Crippen LogP contribution in [0.25, 0.3) is 11.5 Å². The zero-order chi connectivity index (χ0) is 19.1. The highest BCUT2D eigenvalue weighted by Crippen LogP contribution is 2.40. The van der Waals surface area contributed by atoms with Crippen molar-refractivity contribution in [3.05, 3.63) is 52.9 Å². The Morgan fingerprint density at radius 3 is 2.78 bits per heavy atom. The Morgan fingerprint density at radius 2 is 2.04 bits per heavy atom. The summed E-state index contributed by atoms with van der Waals surface area (Å²) in [5.74, 6) is 0.805. The molecule has 0 bridgehead atoms. The van der Waals surface area contributed by atoms with Gasteiger partial charge in [0.15, 0.2) is 0 Å². The molecule has 7 heteroatoms. The molecule has 0 radical (unpaired) electrons. The Bertz CT molecular complexity index is 1020. The number of nitrogens with zero attached hydrogens (tertiary/aromatic N) is 3. The summed E-state index contributed by atoms with van der Waals surface area (Å²) in [4.78, 5) is 12.4. The van der Waals surface area contributed by atoms with Gasteiger partial charge in [0.1, 0.15) is 12.4 Å². The third-order valence-corrected chi connectivity index (χ3v) is 4.87. The van der Waals surface area contributed by atoms with Gasteiger partial charge in [-0.25, -0.2) is 4.39 Å². The summed E-state index contributed by atoms with van der Waals surface area (Å²) < 4.78 is 21.5. The van der Waals surface area contributed by atoms with Crippen molar-refractivity contribution >= 4 is 11.6 Å². The van der Waals surface area contributed by atoms with Crippen LogP contribution in [-0.4, -0.2) is 20.7 Å². The van der Waals surface area contributed by atoms with Crippen molar-refractivity contribution in [2.24, 2.45) is 0 Å². The van der Waals surface area contributed by atoms with Crippen molar-refractivity contribution in [1.82, 2.24) is 14.8 Å². The second-order valence-corrected chi connectivity index (χ2v) is 7.12. The molecule has 0 atom stereocenters. The molecule has 1 N–H and O–H groups in total. The molecule has 1 saturated carbocycles. The van der Waals surface area contributed by atoms with Crippen molar-refractivity contribution in [3.63, 3.8) is 0 Å². The van der Waals surface area contributed by atoms with Crippen LogP contribution in [0.1, 0.15) is 41.6 Å². The highest BCUT2D eigenvalue weighted by atomic mass is 19.1. The maximum absolute atomic E-state index is 13.9. The molecule has 140 valence electrons. The van der Waals surface area contributed by atoms with Crippen molar-refractivity contribution < 1.29 is 13.6 Å². The number of aryl methyl sites for hydroxylation is 2. The van der Waals surface area contributed by atoms with Crippen LogP contribution in [0, 0.1) is 26.6 Å². The summed E-state index contributed by atoms with van der Waals surface area (Å²) in [5.41, 5.74) is 3.65. The molecule has 0 saturated heterocycles. The molecule has 0 unspecified atom stereocenters. The fourth-order valence-corrected chi connectivity index (χ4v) is 3.17. The molecule has 4 rings (SSSR count). The standard InChI is InChI=1S/C20H21FN4O2/c1-11-4-7-16(21)17(8-11)22-18(26)10-25-12(2)9-15(13(25)3)20-24-23-19(27-20)14-5-6-14/h4,7-9,14H,5-6,10H2,1-3H3,(H,22,26). The van der Waals surface area contributed by atoms with Crippen LogP contribution in [0.15, 0.2) is 28.7 Å². The number of hydrogen-bond acceptors (Lipinski definition) is 4. The number of benzene rings is 1. The number of hydrogen-bond donors (Lipinski definition) is 1. The van der Waals surface area contributed by atoms with Crippen LogP contribution in [0.3, 0.4) is 0 Å². The van der Waals surface area contributed by atoms with Crippen LogP contribution >= 0.6 is 0 Å². The van der Waals surface area contributed by atoms with E-state index in [4.69, 9.17) is 4.42 Å². The van der Waals surface area contributed by atoms with Gasteiger partial charge >= 0.3 is 0 Å². The fraction of sp³-hybridized carbons (Fsp3) is 0.350. The first-order valence-electron chi connectivity index (χ1n) is 8.99. The molecule has 1 aliphatic rings. The molecule has 0 spiro atoms. The molecular weight excluding hydrogens is 347 g/mol. The molecule has 3 aromatic rings. The molecule has 6 nitrogen and oxygen atoms in total. The number of nitrogens with one attached hydrogen (secondary N) is 1. The SMILES string of the molecule is Cc1ccc(F)c(NC(=O)Cn2c(C)cc(-c3nnc(C4CC4)o3)c2C)c1. The van der Waals surface area contributed by atoms with E-state index in [-0.39, 0.29) is 18.1 Å². The topological polar surface area (TPSA) is 73.0 Å². The maximum Gasteiger partial charge on any atom is 0.249 e. The van der Waals surface area contributed by atoms with Gasteiger partial charge in [-0.05, 0) is 57.4 Å². The van der Waals surface area contributed by atoms with Gasteiger partial charge in [0, 0.05) is 17.3 Å². The lowest BCUT2D eigenvalue weighted by atomic mass is 10.2. The lowest BCUT2D eigenvalue weighted by Gasteiger charge is -2.11. The van der Waals surface area contributed by atoms with Crippen LogP contribution in [0.4, 0.5) is 10.1 Å². The molecule has 1 fully saturated rings. The van der Waals surface area contributed by atoms with Gasteiger partial charge in [0.05, 0.1) is 11.3 Å². The summed E-state index contributed by atoms with van der Waals surface area (Å²) in [7, 11) is 0. The van der Waals surface area contributed by atoms with E-state index in [2.05, 4.69) is 15.5 Å². The van der Waals surface area contributed by atoms with E-state index in [0.717, 1.165) is 35.4 Å². The van der Waals surface area contributed by atoms with E-state index >= 15 is 0 Å². The molecule has 1 aromatic carbocycles. The number of carbonyl (C=O) groups excluding carboxylic acids is 1. The van der Waals surface area contributed by atoms with Crippen molar-refractivity contribution in [3.8, 4) is 11.5 Å². The third kappa shape index (κ3) is 3.49. The average Bonchev–Trinajstić information content (AvgIpc) is 3.30. The molecule has 1 aliphatic carbocycles. The Labute approximate surface area is 156 Å². The highest BCUT2D eigenvalue weighted by molar-refractivity contribution is 5.91. The van der Waals surface area contributed by atoms with Gasteiger partial charge in [-0.3, -0.25) is 4.79 Å². The Balaban J connectivity index is 1.54. The fourth-order valence-electron chi connectivity index (χ4n) is 3.17. The van der Waals surface area contributed by atoms with E-state index in [0.29, 0.717) is 17.7 Å². The zero-order valence-electron chi connectivity index (χ0n) is 15.5. The molecule has 2 heterocycles. The maximum atomic E-state index is 13.9. The summed E-state index contributed by atoms with van der Waals surface area (Å²) in [6.45, 7) is 5.75. The highest BCUT2D eigenvalue weighted by Gasteiger charge is 2.30. The largest absolute Gasteiger partial charge is 0.420 e. The summed E-state index contributed by atoms with van der Waals surface area (Å²) in [5, 5.41) is 10.9. The van der Waals surface area contributed by atoms with E-state index < -0.39 is 5.82 Å². The minimum atomic E-state index is -0.450. The van der Waals surface area contributed by atoms with E-state index in [1.807, 2.05) is 31.4 Å². The molecule has 27 heavy (non-hydrogen) atoms. The van der Waals surface area contributed by atoms with Crippen LogP contribution in [0.2, 0.25) is 0 Å². The summed E-state index contributed by atoms with van der Waals surface area (Å²) in [6.07, 6.45) is 2.19. The van der Waals surface area contributed by atoms with E-state index in [9.17, 15) is 9.18 Å². The lowest BCUT2D eigenvalue weighted by Crippen LogP contribution is -2.20. The van der Waals surface area contributed by atoms with Crippen LogP contribution in [-0.2, 0) is 11.3 Å². The van der Waals surface area contributed by atoms with Gasteiger partial charge in [0.2, 0.25) is 17.7 Å². The number of amides is 1. The normalized spacial score (nSPS) is 13.8. The van der Waals surface area contributed by atoms with E-state index in [1.54, 1.807) is 12.1 Å². The lowest BCUT2D eigenvalue weighted by molar-refractivity contribution is -0.116. The van der Waals surface area contributed by atoms with Crippen molar-refractivity contribution in [2.75, 3.05) is 5.32 Å². The zero-order valence-corrected chi connectivity index (χ0v) is 15.5. The quantitative estimate of drug-likeness (QED) is 0.735. The molecule has 2 aromatic heterocycles. The van der Waals surface area contributed by atoms with Gasteiger partial charge < -0.3 is 14.3 Å². The minimum absolute atomic E-state index is 0.0780. The molecule has 0 aliphatic heterocycles. The van der Waals surface area contributed by atoms with Gasteiger partial charge in [-0.1, -0.05) is 6.07 Å². The first-order chi connectivity index (χ1) is 12.9. The second kappa shape index (κ2) is 6.64. The average molecular weight is 368 g/mol. The smallest absolute Gasteiger partial charge is 0.249 e. The number of halogens is 1. The van der Waals surface area contributed by atoms with Gasteiger partial charge in [0.25, 0.3) is 0 Å². The number of rotatable bonds is 5. The predicted molar refractivity (Wildman–Crippen MR) is 98.9 cm³/mol. The Morgan fingerprint density at radius 1 is 1.26 bits per heavy atom. The second-order valence-electron chi connectivity index (χ2n) is 7.12. The monoisotopic (exact) mass is 368 g/mol. The van der Waals surface area contributed by atoms with Crippen LogP contribution < -0.4 is 5.32 Å². The molecular formula is C20H21FN4O2. The van der Waals surface area contributed by atoms with E-state index in [1.165, 1.54) is 6.07 Å². The van der Waals surface area contributed by atoms with Crippen molar-refractivity contribution in [1.29, 1.82) is 0 Å². The third-order valence-electron chi connectivity index (χ3n) is 4.87. The minimum Gasteiger partial charge on any atom is -0.420 e. The number of anilines is 1. The number of carbonyl (C=O) groups is 1. The predicted octanol–water partition coefficient (Wildman–Crippen LogP) is 4.12. The Hall–Kier alpha value is -2.96. The van der Waals surface area contributed by atoms with Crippen LogP contribution in [0.5, 0.6) is 0 Å². The Kier molecular flexibility index (Phi) is 4.30. The summed E-state index contributed by atoms with van der Waals surface area (Å²) >= 11 is 0. The van der Waals surface area contributed by atoms with Crippen molar-refractivity contribution in [2.45, 2.75) is 46.1 Å². The number of aromatic nitrogens is 3.